The number of esters is 3. The Morgan fingerprint density at radius 2 is 0.612 bits per heavy atom. The molecular formula is C61H104O6. The van der Waals surface area contributed by atoms with Crippen molar-refractivity contribution in [2.75, 3.05) is 13.2 Å². The van der Waals surface area contributed by atoms with Crippen molar-refractivity contribution in [2.45, 2.75) is 271 Å². The summed E-state index contributed by atoms with van der Waals surface area (Å²) in [6.07, 6.45) is 71.5. The van der Waals surface area contributed by atoms with Crippen LogP contribution in [0.25, 0.3) is 0 Å². The van der Waals surface area contributed by atoms with Crippen LogP contribution in [-0.4, -0.2) is 37.2 Å². The number of hydrogen-bond acceptors (Lipinski definition) is 6. The second-order valence-electron chi connectivity index (χ2n) is 18.5. The molecule has 0 fully saturated rings. The maximum Gasteiger partial charge on any atom is 0.306 e. The molecule has 0 aliphatic rings. The van der Waals surface area contributed by atoms with Gasteiger partial charge in [0.05, 0.1) is 0 Å². The van der Waals surface area contributed by atoms with Crippen LogP contribution in [0.15, 0.2) is 85.1 Å². The zero-order valence-electron chi connectivity index (χ0n) is 43.9. The number of hydrogen-bond donors (Lipinski definition) is 0. The Kier molecular flexibility index (Phi) is 52.4. The monoisotopic (exact) mass is 933 g/mol. The van der Waals surface area contributed by atoms with E-state index >= 15 is 0 Å². The SMILES string of the molecule is CC/C=C\C/C=C\C/C=C\C/C=C\C/C=C\C/C=C\CCC(=O)OC[C@H](COC(=O)CCCCCCC/C=C\CCCCCC)OC(=O)CCCCCCCCCCCCCCCCCCC. The highest BCUT2D eigenvalue weighted by molar-refractivity contribution is 5.71. The van der Waals surface area contributed by atoms with Crippen molar-refractivity contribution < 1.29 is 28.6 Å². The lowest BCUT2D eigenvalue weighted by Gasteiger charge is -2.18. The topological polar surface area (TPSA) is 78.9 Å². The largest absolute Gasteiger partial charge is 0.462 e. The molecule has 0 aliphatic carbocycles. The first-order valence-electron chi connectivity index (χ1n) is 28.1. The summed E-state index contributed by atoms with van der Waals surface area (Å²) in [6, 6.07) is 0. The third-order valence-electron chi connectivity index (χ3n) is 11.9. The first kappa shape index (κ1) is 63.6. The number of rotatable bonds is 50. The summed E-state index contributed by atoms with van der Waals surface area (Å²) >= 11 is 0. The Labute approximate surface area is 414 Å². The molecule has 0 N–H and O–H groups in total. The minimum Gasteiger partial charge on any atom is -0.462 e. The lowest BCUT2D eigenvalue weighted by Crippen LogP contribution is -2.30. The van der Waals surface area contributed by atoms with E-state index in [0.717, 1.165) is 89.9 Å². The van der Waals surface area contributed by atoms with Gasteiger partial charge >= 0.3 is 17.9 Å². The molecule has 6 nitrogen and oxygen atoms in total. The van der Waals surface area contributed by atoms with Crippen LogP contribution in [0.4, 0.5) is 0 Å². The van der Waals surface area contributed by atoms with E-state index in [4.69, 9.17) is 14.2 Å². The zero-order chi connectivity index (χ0) is 48.6. The van der Waals surface area contributed by atoms with Crippen molar-refractivity contribution in [1.82, 2.24) is 0 Å². The van der Waals surface area contributed by atoms with Gasteiger partial charge in [-0.25, -0.2) is 0 Å². The van der Waals surface area contributed by atoms with Crippen LogP contribution in [0.1, 0.15) is 265 Å². The highest BCUT2D eigenvalue weighted by Crippen LogP contribution is 2.16. The maximum absolute atomic E-state index is 12.8. The first-order chi connectivity index (χ1) is 33.0. The van der Waals surface area contributed by atoms with Crippen LogP contribution < -0.4 is 0 Å². The third kappa shape index (κ3) is 53.4. The molecule has 6 heteroatoms. The van der Waals surface area contributed by atoms with Crippen LogP contribution in [0, 0.1) is 0 Å². The summed E-state index contributed by atoms with van der Waals surface area (Å²) < 4.78 is 16.8. The molecule has 0 unspecified atom stereocenters. The molecule has 384 valence electrons. The molecule has 0 aromatic heterocycles. The van der Waals surface area contributed by atoms with E-state index in [2.05, 4.69) is 99.8 Å². The maximum atomic E-state index is 12.8. The number of allylic oxidation sites excluding steroid dienone is 14. The molecular weight excluding hydrogens is 829 g/mol. The zero-order valence-corrected chi connectivity index (χ0v) is 43.9. The smallest absolute Gasteiger partial charge is 0.306 e. The number of carbonyl (C=O) groups is 3. The van der Waals surface area contributed by atoms with Gasteiger partial charge in [0, 0.05) is 19.3 Å². The van der Waals surface area contributed by atoms with Crippen molar-refractivity contribution >= 4 is 17.9 Å². The minimum atomic E-state index is -0.809. The predicted octanol–water partition coefficient (Wildman–Crippen LogP) is 18.8. The highest BCUT2D eigenvalue weighted by atomic mass is 16.6. The third-order valence-corrected chi connectivity index (χ3v) is 11.9. The van der Waals surface area contributed by atoms with Gasteiger partial charge in [0.2, 0.25) is 0 Å². The minimum absolute atomic E-state index is 0.102. The first-order valence-corrected chi connectivity index (χ1v) is 28.1. The van der Waals surface area contributed by atoms with Crippen LogP contribution in [-0.2, 0) is 28.6 Å². The van der Waals surface area contributed by atoms with E-state index in [1.807, 2.05) is 6.08 Å². The highest BCUT2D eigenvalue weighted by Gasteiger charge is 2.19. The van der Waals surface area contributed by atoms with Gasteiger partial charge in [0.15, 0.2) is 6.10 Å². The van der Waals surface area contributed by atoms with E-state index in [0.29, 0.717) is 19.3 Å². The molecule has 67 heavy (non-hydrogen) atoms. The molecule has 1 atom stereocenters. The second kappa shape index (κ2) is 55.2. The Balaban J connectivity index is 4.48. The molecule has 0 heterocycles. The summed E-state index contributed by atoms with van der Waals surface area (Å²) in [5, 5.41) is 0. The van der Waals surface area contributed by atoms with E-state index in [-0.39, 0.29) is 37.5 Å². The summed E-state index contributed by atoms with van der Waals surface area (Å²) in [7, 11) is 0. The van der Waals surface area contributed by atoms with E-state index in [9.17, 15) is 14.4 Å². The molecule has 0 rings (SSSR count). The number of carbonyl (C=O) groups excluding carboxylic acids is 3. The summed E-state index contributed by atoms with van der Waals surface area (Å²) in [5.74, 6) is -0.992. The van der Waals surface area contributed by atoms with Gasteiger partial charge in [0.25, 0.3) is 0 Å². The van der Waals surface area contributed by atoms with Crippen molar-refractivity contribution in [2.24, 2.45) is 0 Å². The van der Waals surface area contributed by atoms with Gasteiger partial charge in [-0.2, -0.15) is 0 Å². The number of unbranched alkanes of at least 4 members (excludes halogenated alkanes) is 25. The lowest BCUT2D eigenvalue weighted by atomic mass is 10.0. The van der Waals surface area contributed by atoms with Crippen LogP contribution in [0.5, 0.6) is 0 Å². The molecule has 0 aromatic rings. The quantitative estimate of drug-likeness (QED) is 0.0262. The van der Waals surface area contributed by atoms with E-state index in [1.165, 1.54) is 128 Å². The predicted molar refractivity (Wildman–Crippen MR) is 288 cm³/mol. The van der Waals surface area contributed by atoms with Crippen LogP contribution in [0.3, 0.4) is 0 Å². The van der Waals surface area contributed by atoms with Crippen LogP contribution >= 0.6 is 0 Å². The standard InChI is InChI=1S/C61H104O6/c1-4-7-10-13-16-19-22-25-27-29-30-32-33-36-39-42-45-48-51-54-60(63)66-57-58(56-65-59(62)53-50-47-44-41-38-35-24-21-18-15-12-9-6-3)67-61(64)55-52-49-46-43-40-37-34-31-28-26-23-20-17-14-11-8-5-2/h7,10,16,19,21,24-25,27,30,32,36,39,45,48,58H,4-6,8-9,11-15,17-18,20,22-23,26,28-29,31,33-35,37-38,40-44,46-47,49-57H2,1-3H3/b10-7-,19-16-,24-21-,27-25-,32-30-,39-36-,48-45-/t58-/m0/s1. The van der Waals surface area contributed by atoms with Gasteiger partial charge in [-0.05, 0) is 83.5 Å². The lowest BCUT2D eigenvalue weighted by molar-refractivity contribution is -0.166. The molecule has 0 spiro atoms. The fourth-order valence-electron chi connectivity index (χ4n) is 7.70. The average Bonchev–Trinajstić information content (AvgIpc) is 3.33. The number of ether oxygens (including phenoxy) is 3. The normalized spacial score (nSPS) is 12.7. The van der Waals surface area contributed by atoms with Gasteiger partial charge in [-0.3, -0.25) is 14.4 Å². The second-order valence-corrected chi connectivity index (χ2v) is 18.5. The van der Waals surface area contributed by atoms with E-state index in [1.54, 1.807) is 0 Å². The van der Waals surface area contributed by atoms with Gasteiger partial charge in [-0.15, -0.1) is 0 Å². The molecule has 0 bridgehead atoms. The Bertz CT molecular complexity index is 1300. The molecule has 0 saturated carbocycles. The molecule has 0 radical (unpaired) electrons. The summed E-state index contributed by atoms with van der Waals surface area (Å²) in [6.45, 7) is 6.45. The Morgan fingerprint density at radius 3 is 1.01 bits per heavy atom. The van der Waals surface area contributed by atoms with Gasteiger partial charge < -0.3 is 14.2 Å². The van der Waals surface area contributed by atoms with Crippen molar-refractivity contribution in [3.05, 3.63) is 85.1 Å². The van der Waals surface area contributed by atoms with Gasteiger partial charge in [-0.1, -0.05) is 247 Å². The molecule has 0 aliphatic heterocycles. The van der Waals surface area contributed by atoms with Crippen molar-refractivity contribution in [3.63, 3.8) is 0 Å². The van der Waals surface area contributed by atoms with E-state index < -0.39 is 6.10 Å². The molecule has 0 aromatic carbocycles. The van der Waals surface area contributed by atoms with Crippen molar-refractivity contribution in [1.29, 1.82) is 0 Å². The van der Waals surface area contributed by atoms with Crippen LogP contribution in [0.2, 0.25) is 0 Å². The Hall–Kier alpha value is -3.41. The Morgan fingerprint density at radius 1 is 0.313 bits per heavy atom. The van der Waals surface area contributed by atoms with Gasteiger partial charge in [0.1, 0.15) is 13.2 Å². The average molecular weight is 933 g/mol. The summed E-state index contributed by atoms with van der Waals surface area (Å²) in [5.41, 5.74) is 0. The fourth-order valence-corrected chi connectivity index (χ4v) is 7.70. The molecule has 0 saturated heterocycles. The molecule has 0 amide bonds. The van der Waals surface area contributed by atoms with Crippen molar-refractivity contribution in [3.8, 4) is 0 Å². The summed E-state index contributed by atoms with van der Waals surface area (Å²) in [4.78, 5) is 38.1. The fraction of sp³-hybridized carbons (Fsp3) is 0.721.